The summed E-state index contributed by atoms with van der Waals surface area (Å²) < 4.78 is 0. The second-order valence-corrected chi connectivity index (χ2v) is 6.46. The van der Waals surface area contributed by atoms with Crippen LogP contribution in [0, 0.1) is 11.3 Å². The van der Waals surface area contributed by atoms with Gasteiger partial charge in [-0.3, -0.25) is 4.79 Å². The number of carbonyl (C=O) groups is 2. The molecule has 3 N–H and O–H groups in total. The van der Waals surface area contributed by atoms with Crippen LogP contribution in [-0.4, -0.2) is 35.6 Å². The zero-order valence-electron chi connectivity index (χ0n) is 11.8. The van der Waals surface area contributed by atoms with Crippen LogP contribution in [0.4, 0.5) is 0 Å². The van der Waals surface area contributed by atoms with Crippen molar-refractivity contribution in [2.45, 2.75) is 51.5 Å². The first-order valence-electron chi connectivity index (χ1n) is 7.15. The van der Waals surface area contributed by atoms with Gasteiger partial charge in [0.25, 0.3) is 0 Å². The Kier molecular flexibility index (Phi) is 3.85. The Balaban J connectivity index is 2.03. The van der Waals surface area contributed by atoms with Gasteiger partial charge >= 0.3 is 5.97 Å². The van der Waals surface area contributed by atoms with Crippen LogP contribution in [0.15, 0.2) is 0 Å². The van der Waals surface area contributed by atoms with E-state index >= 15 is 0 Å². The van der Waals surface area contributed by atoms with Crippen molar-refractivity contribution in [1.82, 2.24) is 10.6 Å². The molecular weight excluding hydrogens is 244 g/mol. The highest BCUT2D eigenvalue weighted by atomic mass is 16.4. The van der Waals surface area contributed by atoms with Crippen molar-refractivity contribution in [1.29, 1.82) is 0 Å². The highest BCUT2D eigenvalue weighted by Gasteiger charge is 2.48. The first kappa shape index (κ1) is 14.3. The second kappa shape index (κ2) is 5.12. The SMILES string of the molecule is CC(C)(C(=O)NC1(C(=O)O)CCC1)C1CCCNC1. The van der Waals surface area contributed by atoms with Gasteiger partial charge in [0.15, 0.2) is 0 Å². The first-order chi connectivity index (χ1) is 8.88. The van der Waals surface area contributed by atoms with Crippen LogP contribution < -0.4 is 10.6 Å². The summed E-state index contributed by atoms with van der Waals surface area (Å²) in [6, 6.07) is 0. The van der Waals surface area contributed by atoms with Crippen molar-refractivity contribution in [3.8, 4) is 0 Å². The Bertz CT molecular complexity index is 369. The summed E-state index contributed by atoms with van der Waals surface area (Å²) in [6.45, 7) is 5.69. The molecule has 19 heavy (non-hydrogen) atoms. The third-order valence-electron chi connectivity index (χ3n) is 4.87. The van der Waals surface area contributed by atoms with E-state index in [0.29, 0.717) is 12.8 Å². The third-order valence-corrected chi connectivity index (χ3v) is 4.87. The Morgan fingerprint density at radius 3 is 2.42 bits per heavy atom. The molecule has 1 aliphatic heterocycles. The average Bonchev–Trinajstić information content (AvgIpc) is 2.34. The molecule has 1 saturated heterocycles. The van der Waals surface area contributed by atoms with Crippen molar-refractivity contribution in [3.05, 3.63) is 0 Å². The quantitative estimate of drug-likeness (QED) is 0.714. The van der Waals surface area contributed by atoms with Gasteiger partial charge in [0.2, 0.25) is 5.91 Å². The van der Waals surface area contributed by atoms with Gasteiger partial charge in [-0.25, -0.2) is 4.79 Å². The van der Waals surface area contributed by atoms with Crippen LogP contribution in [0.1, 0.15) is 46.0 Å². The lowest BCUT2D eigenvalue weighted by atomic mass is 9.71. The summed E-state index contributed by atoms with van der Waals surface area (Å²) in [6.07, 6.45) is 4.07. The van der Waals surface area contributed by atoms with Gasteiger partial charge in [0, 0.05) is 5.41 Å². The highest BCUT2D eigenvalue weighted by molar-refractivity contribution is 5.90. The molecule has 1 unspecified atom stereocenters. The molecule has 0 bridgehead atoms. The molecule has 0 aromatic rings. The fraction of sp³-hybridized carbons (Fsp3) is 0.857. The lowest BCUT2D eigenvalue weighted by molar-refractivity contribution is -0.154. The van der Waals surface area contributed by atoms with Gasteiger partial charge in [-0.05, 0) is 51.1 Å². The number of piperidine rings is 1. The van der Waals surface area contributed by atoms with E-state index in [1.54, 1.807) is 0 Å². The van der Waals surface area contributed by atoms with Gasteiger partial charge in [0.05, 0.1) is 0 Å². The zero-order chi connectivity index (χ0) is 14.1. The highest BCUT2D eigenvalue weighted by Crippen LogP contribution is 2.36. The molecule has 1 heterocycles. The molecule has 0 aromatic carbocycles. The Morgan fingerprint density at radius 1 is 1.32 bits per heavy atom. The molecule has 108 valence electrons. The van der Waals surface area contributed by atoms with Gasteiger partial charge in [0.1, 0.15) is 5.54 Å². The van der Waals surface area contributed by atoms with Crippen LogP contribution in [-0.2, 0) is 9.59 Å². The number of rotatable bonds is 4. The van der Waals surface area contributed by atoms with E-state index in [1.165, 1.54) is 0 Å². The number of amides is 1. The van der Waals surface area contributed by atoms with E-state index in [9.17, 15) is 14.7 Å². The van der Waals surface area contributed by atoms with Crippen LogP contribution in [0.3, 0.4) is 0 Å². The van der Waals surface area contributed by atoms with Crippen molar-refractivity contribution >= 4 is 11.9 Å². The van der Waals surface area contributed by atoms with Gasteiger partial charge < -0.3 is 15.7 Å². The van der Waals surface area contributed by atoms with Crippen LogP contribution in [0.5, 0.6) is 0 Å². The number of carboxylic acids is 1. The van der Waals surface area contributed by atoms with E-state index in [1.807, 2.05) is 13.8 Å². The average molecular weight is 268 g/mol. The molecular formula is C14H24N2O3. The Hall–Kier alpha value is -1.10. The minimum Gasteiger partial charge on any atom is -0.480 e. The molecule has 2 aliphatic rings. The number of hydrogen-bond donors (Lipinski definition) is 3. The zero-order valence-corrected chi connectivity index (χ0v) is 11.8. The Labute approximate surface area is 114 Å². The molecule has 2 rings (SSSR count). The van der Waals surface area contributed by atoms with E-state index < -0.39 is 16.9 Å². The minimum atomic E-state index is -1.00. The van der Waals surface area contributed by atoms with Gasteiger partial charge in [-0.15, -0.1) is 0 Å². The molecule has 5 heteroatoms. The van der Waals surface area contributed by atoms with Crippen molar-refractivity contribution in [2.75, 3.05) is 13.1 Å². The summed E-state index contributed by atoms with van der Waals surface area (Å²) >= 11 is 0. The second-order valence-electron chi connectivity index (χ2n) is 6.46. The standard InChI is InChI=1S/C14H24N2O3/c1-13(2,10-5-3-8-15-9-10)11(17)16-14(12(18)19)6-4-7-14/h10,15H,3-9H2,1-2H3,(H,16,17)(H,18,19). The number of carbonyl (C=O) groups excluding carboxylic acids is 1. The normalized spacial score (nSPS) is 26.3. The van der Waals surface area contributed by atoms with E-state index in [-0.39, 0.29) is 11.8 Å². The first-order valence-corrected chi connectivity index (χ1v) is 7.15. The minimum absolute atomic E-state index is 0.122. The van der Waals surface area contributed by atoms with Crippen LogP contribution in [0.2, 0.25) is 0 Å². The molecule has 1 saturated carbocycles. The third kappa shape index (κ3) is 2.61. The lowest BCUT2D eigenvalue weighted by Gasteiger charge is -2.43. The summed E-state index contributed by atoms with van der Waals surface area (Å²) in [7, 11) is 0. The number of aliphatic carboxylic acids is 1. The van der Waals surface area contributed by atoms with Crippen LogP contribution in [0.25, 0.3) is 0 Å². The Morgan fingerprint density at radius 2 is 2.00 bits per heavy atom. The largest absolute Gasteiger partial charge is 0.480 e. The number of carboxylic acid groups (broad SMARTS) is 1. The maximum Gasteiger partial charge on any atom is 0.329 e. The fourth-order valence-electron chi connectivity index (χ4n) is 2.95. The van der Waals surface area contributed by atoms with Crippen molar-refractivity contribution in [2.24, 2.45) is 11.3 Å². The molecule has 1 atom stereocenters. The molecule has 0 radical (unpaired) electrons. The predicted molar refractivity (Wildman–Crippen MR) is 71.7 cm³/mol. The van der Waals surface area contributed by atoms with E-state index in [4.69, 9.17) is 0 Å². The maximum absolute atomic E-state index is 12.5. The lowest BCUT2D eigenvalue weighted by Crippen LogP contribution is -2.62. The van der Waals surface area contributed by atoms with E-state index in [0.717, 1.165) is 32.4 Å². The van der Waals surface area contributed by atoms with Gasteiger partial charge in [-0.2, -0.15) is 0 Å². The van der Waals surface area contributed by atoms with E-state index in [2.05, 4.69) is 10.6 Å². The molecule has 0 spiro atoms. The maximum atomic E-state index is 12.5. The van der Waals surface area contributed by atoms with Crippen molar-refractivity contribution in [3.63, 3.8) is 0 Å². The molecule has 1 aliphatic carbocycles. The number of nitrogens with one attached hydrogen (secondary N) is 2. The monoisotopic (exact) mass is 268 g/mol. The molecule has 0 aromatic heterocycles. The molecule has 1 amide bonds. The fourth-order valence-corrected chi connectivity index (χ4v) is 2.95. The number of hydrogen-bond acceptors (Lipinski definition) is 3. The van der Waals surface area contributed by atoms with Crippen molar-refractivity contribution < 1.29 is 14.7 Å². The molecule has 5 nitrogen and oxygen atoms in total. The van der Waals surface area contributed by atoms with Crippen LogP contribution >= 0.6 is 0 Å². The molecule has 2 fully saturated rings. The summed E-state index contributed by atoms with van der Waals surface area (Å²) in [4.78, 5) is 23.8. The summed E-state index contributed by atoms with van der Waals surface area (Å²) in [5.74, 6) is -0.750. The topological polar surface area (TPSA) is 78.4 Å². The summed E-state index contributed by atoms with van der Waals surface area (Å²) in [5.41, 5.74) is -1.53. The van der Waals surface area contributed by atoms with Gasteiger partial charge in [-0.1, -0.05) is 13.8 Å². The summed E-state index contributed by atoms with van der Waals surface area (Å²) in [5, 5.41) is 15.4. The predicted octanol–water partition coefficient (Wildman–Crippen LogP) is 1.14. The smallest absolute Gasteiger partial charge is 0.329 e.